The van der Waals surface area contributed by atoms with Gasteiger partial charge in [-0.05, 0) is 46.5 Å². The molecule has 8 nitrogen and oxygen atoms in total. The minimum Gasteiger partial charge on any atom is -0.360 e. The Labute approximate surface area is 136 Å². The van der Waals surface area contributed by atoms with Crippen LogP contribution in [0, 0.1) is 19.8 Å². The maximum Gasteiger partial charge on any atom is 0.246 e. The van der Waals surface area contributed by atoms with Gasteiger partial charge >= 0.3 is 0 Å². The maximum atomic E-state index is 12.4. The van der Waals surface area contributed by atoms with Crippen LogP contribution in [0.5, 0.6) is 0 Å². The number of hydrogen-bond donors (Lipinski definition) is 3. The van der Waals surface area contributed by atoms with Crippen LogP contribution in [0.15, 0.2) is 9.42 Å². The van der Waals surface area contributed by atoms with Gasteiger partial charge in [-0.25, -0.2) is 8.42 Å². The summed E-state index contributed by atoms with van der Waals surface area (Å²) < 4.78 is 32.1. The molecule has 0 radical (unpaired) electrons. The number of nitrogens with zero attached hydrogens (tertiary/aromatic N) is 1. The number of nitrogens with two attached hydrogens (primary N) is 1. The Morgan fingerprint density at radius 1 is 1.48 bits per heavy atom. The van der Waals surface area contributed by atoms with Gasteiger partial charge in [-0.3, -0.25) is 4.79 Å². The predicted molar refractivity (Wildman–Crippen MR) is 84.1 cm³/mol. The Balaban J connectivity index is 2.09. The summed E-state index contributed by atoms with van der Waals surface area (Å²) in [5, 5.41) is 6.50. The SMILES string of the molecule is Cc1noc(C)c1S(=O)(=O)NC(C)C(=O)NC(C)(CN)C1CC1. The molecule has 2 atom stereocenters. The molecular formula is C14H24N4O4S. The first-order chi connectivity index (χ1) is 10.6. The summed E-state index contributed by atoms with van der Waals surface area (Å²) in [6.45, 7) is 6.74. The van der Waals surface area contributed by atoms with E-state index < -0.39 is 27.5 Å². The first-order valence-corrected chi connectivity index (χ1v) is 9.06. The van der Waals surface area contributed by atoms with E-state index in [1.807, 2.05) is 6.92 Å². The van der Waals surface area contributed by atoms with Gasteiger partial charge in [0.25, 0.3) is 0 Å². The van der Waals surface area contributed by atoms with Crippen LogP contribution in [0.25, 0.3) is 0 Å². The standard InChI is InChI=1S/C14H24N4O4S/c1-8-12(10(3)22-17-8)23(20,21)18-9(2)13(19)16-14(4,7-15)11-5-6-11/h9,11,18H,5-7,15H2,1-4H3,(H,16,19). The van der Waals surface area contributed by atoms with Gasteiger partial charge in [0.1, 0.15) is 10.6 Å². The highest BCUT2D eigenvalue weighted by molar-refractivity contribution is 7.89. The summed E-state index contributed by atoms with van der Waals surface area (Å²) in [7, 11) is -3.89. The van der Waals surface area contributed by atoms with E-state index in [0.717, 1.165) is 12.8 Å². The number of nitrogens with one attached hydrogen (secondary N) is 2. The zero-order chi connectivity index (χ0) is 17.4. The first kappa shape index (κ1) is 17.9. The summed E-state index contributed by atoms with van der Waals surface area (Å²) in [6, 6.07) is -0.932. The van der Waals surface area contributed by atoms with Crippen molar-refractivity contribution in [2.24, 2.45) is 11.7 Å². The van der Waals surface area contributed by atoms with Gasteiger partial charge in [-0.2, -0.15) is 4.72 Å². The Morgan fingerprint density at radius 2 is 2.09 bits per heavy atom. The number of amides is 1. The largest absolute Gasteiger partial charge is 0.360 e. The summed E-state index contributed by atoms with van der Waals surface area (Å²) in [5.74, 6) is 0.135. The summed E-state index contributed by atoms with van der Waals surface area (Å²) in [6.07, 6.45) is 2.04. The molecule has 1 aliphatic carbocycles. The molecule has 0 aliphatic heterocycles. The Hall–Kier alpha value is -1.45. The molecule has 1 heterocycles. The molecule has 4 N–H and O–H groups in total. The van der Waals surface area contributed by atoms with Gasteiger partial charge in [-0.15, -0.1) is 0 Å². The minimum atomic E-state index is -3.89. The van der Waals surface area contributed by atoms with Gasteiger partial charge in [-0.1, -0.05) is 5.16 Å². The average Bonchev–Trinajstić information content (AvgIpc) is 3.24. The number of rotatable bonds is 7. The lowest BCUT2D eigenvalue weighted by Gasteiger charge is -2.31. The molecule has 23 heavy (non-hydrogen) atoms. The molecule has 1 amide bonds. The van der Waals surface area contributed by atoms with Crippen molar-refractivity contribution in [3.8, 4) is 0 Å². The zero-order valence-corrected chi connectivity index (χ0v) is 14.7. The first-order valence-electron chi connectivity index (χ1n) is 7.58. The van der Waals surface area contributed by atoms with Crippen molar-refractivity contribution in [3.05, 3.63) is 11.5 Å². The zero-order valence-electron chi connectivity index (χ0n) is 13.8. The number of carbonyl (C=O) groups is 1. The van der Waals surface area contributed by atoms with Gasteiger partial charge in [0.2, 0.25) is 15.9 Å². The van der Waals surface area contributed by atoms with Gasteiger partial charge in [0, 0.05) is 6.54 Å². The molecule has 1 saturated carbocycles. The fourth-order valence-corrected chi connectivity index (χ4v) is 4.17. The van der Waals surface area contributed by atoms with E-state index in [2.05, 4.69) is 15.2 Å². The molecule has 0 bridgehead atoms. The number of carbonyl (C=O) groups excluding carboxylic acids is 1. The molecule has 9 heteroatoms. The van der Waals surface area contributed by atoms with Crippen molar-refractivity contribution in [3.63, 3.8) is 0 Å². The van der Waals surface area contributed by atoms with Gasteiger partial charge < -0.3 is 15.6 Å². The summed E-state index contributed by atoms with van der Waals surface area (Å²) in [4.78, 5) is 12.3. The van der Waals surface area contributed by atoms with Crippen molar-refractivity contribution in [1.82, 2.24) is 15.2 Å². The van der Waals surface area contributed by atoms with Crippen LogP contribution in [-0.4, -0.2) is 37.6 Å². The van der Waals surface area contributed by atoms with E-state index in [1.165, 1.54) is 20.8 Å². The lowest BCUT2D eigenvalue weighted by molar-refractivity contribution is -0.124. The van der Waals surface area contributed by atoms with Crippen molar-refractivity contribution in [2.75, 3.05) is 6.54 Å². The Morgan fingerprint density at radius 3 is 2.52 bits per heavy atom. The molecule has 2 rings (SSSR count). The van der Waals surface area contributed by atoms with Crippen LogP contribution >= 0.6 is 0 Å². The maximum absolute atomic E-state index is 12.4. The highest BCUT2D eigenvalue weighted by Gasteiger charge is 2.42. The van der Waals surface area contributed by atoms with E-state index in [1.54, 1.807) is 0 Å². The molecule has 1 aromatic rings. The van der Waals surface area contributed by atoms with Crippen LogP contribution < -0.4 is 15.8 Å². The average molecular weight is 344 g/mol. The number of aryl methyl sites for hydroxylation is 2. The Kier molecular flexibility index (Phi) is 4.84. The molecule has 2 unspecified atom stereocenters. The topological polar surface area (TPSA) is 127 Å². The predicted octanol–water partition coefficient (Wildman–Crippen LogP) is 0.202. The molecule has 0 spiro atoms. The normalized spacial score (nSPS) is 19.2. The van der Waals surface area contributed by atoms with Crippen LogP contribution in [-0.2, 0) is 14.8 Å². The number of sulfonamides is 1. The second-order valence-electron chi connectivity index (χ2n) is 6.38. The second-order valence-corrected chi connectivity index (χ2v) is 8.03. The van der Waals surface area contributed by atoms with E-state index in [0.29, 0.717) is 12.5 Å². The third-order valence-electron chi connectivity index (χ3n) is 4.27. The van der Waals surface area contributed by atoms with Gasteiger partial charge in [0.15, 0.2) is 5.76 Å². The van der Waals surface area contributed by atoms with E-state index in [-0.39, 0.29) is 16.3 Å². The molecule has 0 saturated heterocycles. The lowest BCUT2D eigenvalue weighted by atomic mass is 9.95. The fraction of sp³-hybridized carbons (Fsp3) is 0.714. The molecule has 1 aromatic heterocycles. The van der Waals surface area contributed by atoms with Crippen molar-refractivity contribution in [2.45, 2.75) is 57.0 Å². The highest BCUT2D eigenvalue weighted by Crippen LogP contribution is 2.39. The van der Waals surface area contributed by atoms with Crippen molar-refractivity contribution < 1.29 is 17.7 Å². The third-order valence-corrected chi connectivity index (χ3v) is 6.06. The lowest BCUT2D eigenvalue weighted by Crippen LogP contribution is -2.57. The van der Waals surface area contributed by atoms with Gasteiger partial charge in [0.05, 0.1) is 11.6 Å². The monoisotopic (exact) mass is 344 g/mol. The number of aromatic nitrogens is 1. The second kappa shape index (κ2) is 6.21. The quantitative estimate of drug-likeness (QED) is 0.648. The molecule has 1 aliphatic rings. The third kappa shape index (κ3) is 3.73. The molecule has 0 aromatic carbocycles. The summed E-state index contributed by atoms with van der Waals surface area (Å²) >= 11 is 0. The minimum absolute atomic E-state index is 0.0269. The van der Waals surface area contributed by atoms with Crippen LogP contribution in [0.1, 0.15) is 38.1 Å². The summed E-state index contributed by atoms with van der Waals surface area (Å²) in [5.41, 5.74) is 5.52. The van der Waals surface area contributed by atoms with E-state index in [4.69, 9.17) is 10.3 Å². The molecule has 130 valence electrons. The molecule has 1 fully saturated rings. The Bertz CT molecular complexity index is 676. The van der Waals surface area contributed by atoms with Crippen LogP contribution in [0.4, 0.5) is 0 Å². The highest BCUT2D eigenvalue weighted by atomic mass is 32.2. The van der Waals surface area contributed by atoms with E-state index >= 15 is 0 Å². The van der Waals surface area contributed by atoms with Crippen molar-refractivity contribution in [1.29, 1.82) is 0 Å². The van der Waals surface area contributed by atoms with E-state index in [9.17, 15) is 13.2 Å². The smallest absolute Gasteiger partial charge is 0.246 e. The number of hydrogen-bond acceptors (Lipinski definition) is 6. The fourth-order valence-electron chi connectivity index (χ4n) is 2.63. The van der Waals surface area contributed by atoms with Crippen LogP contribution in [0.3, 0.4) is 0 Å². The van der Waals surface area contributed by atoms with Crippen LogP contribution in [0.2, 0.25) is 0 Å². The van der Waals surface area contributed by atoms with Crippen molar-refractivity contribution >= 4 is 15.9 Å². The molecular weight excluding hydrogens is 320 g/mol.